The minimum Gasteiger partial charge on any atom is -0.484 e. The van der Waals surface area contributed by atoms with Crippen molar-refractivity contribution in [3.05, 3.63) is 65.7 Å². The first-order chi connectivity index (χ1) is 11.8. The number of carbonyl (C=O) groups is 1. The highest BCUT2D eigenvalue weighted by molar-refractivity contribution is 5.85. The van der Waals surface area contributed by atoms with Crippen molar-refractivity contribution >= 4 is 18.3 Å². The highest BCUT2D eigenvalue weighted by atomic mass is 35.5. The second-order valence-corrected chi connectivity index (χ2v) is 6.00. The maximum absolute atomic E-state index is 12.7. The fourth-order valence-corrected chi connectivity index (χ4v) is 3.02. The van der Waals surface area contributed by atoms with Gasteiger partial charge in [-0.25, -0.2) is 0 Å². The standard InChI is InChI=1S/C20H24N2O2.ClH/c1-2-16-8-10-17(11-9-16)19-14-21-12-13-22(19)20(23)15-24-18-6-4-3-5-7-18;/h3-11,19,21H,2,12-15H2,1H3;1H. The van der Waals surface area contributed by atoms with Crippen molar-refractivity contribution in [2.75, 3.05) is 26.2 Å². The molecule has 0 spiro atoms. The van der Waals surface area contributed by atoms with Gasteiger partial charge in [-0.2, -0.15) is 0 Å². The number of nitrogens with zero attached hydrogens (tertiary/aromatic N) is 1. The van der Waals surface area contributed by atoms with Crippen molar-refractivity contribution in [1.29, 1.82) is 0 Å². The lowest BCUT2D eigenvalue weighted by molar-refractivity contribution is -0.136. The molecule has 1 atom stereocenters. The smallest absolute Gasteiger partial charge is 0.261 e. The van der Waals surface area contributed by atoms with E-state index in [9.17, 15) is 4.79 Å². The Morgan fingerprint density at radius 2 is 1.88 bits per heavy atom. The average molecular weight is 361 g/mol. The normalized spacial score (nSPS) is 16.8. The van der Waals surface area contributed by atoms with Crippen LogP contribution in [0.25, 0.3) is 0 Å². The molecule has 1 aliphatic rings. The largest absolute Gasteiger partial charge is 0.484 e. The zero-order valence-electron chi connectivity index (χ0n) is 14.5. The molecule has 0 radical (unpaired) electrons. The number of aryl methyl sites for hydroxylation is 1. The highest BCUT2D eigenvalue weighted by Gasteiger charge is 2.27. The summed E-state index contributed by atoms with van der Waals surface area (Å²) in [5.41, 5.74) is 2.49. The quantitative estimate of drug-likeness (QED) is 0.890. The molecule has 3 rings (SSSR count). The van der Waals surface area contributed by atoms with Gasteiger partial charge in [-0.1, -0.05) is 49.4 Å². The van der Waals surface area contributed by atoms with Crippen LogP contribution in [0, 0.1) is 0 Å². The van der Waals surface area contributed by atoms with Crippen molar-refractivity contribution in [2.24, 2.45) is 0 Å². The molecule has 134 valence electrons. The van der Waals surface area contributed by atoms with Gasteiger partial charge in [-0.05, 0) is 29.7 Å². The lowest BCUT2D eigenvalue weighted by Gasteiger charge is -2.36. The van der Waals surface area contributed by atoms with E-state index < -0.39 is 0 Å². The number of carbonyl (C=O) groups excluding carboxylic acids is 1. The Morgan fingerprint density at radius 1 is 1.16 bits per heavy atom. The number of benzene rings is 2. The molecule has 1 heterocycles. The summed E-state index contributed by atoms with van der Waals surface area (Å²) in [5, 5.41) is 3.39. The topological polar surface area (TPSA) is 41.6 Å². The summed E-state index contributed by atoms with van der Waals surface area (Å²) >= 11 is 0. The number of halogens is 1. The maximum Gasteiger partial charge on any atom is 0.261 e. The van der Waals surface area contributed by atoms with Gasteiger partial charge in [0.1, 0.15) is 5.75 Å². The number of hydrogen-bond donors (Lipinski definition) is 1. The van der Waals surface area contributed by atoms with Crippen LogP contribution in [-0.2, 0) is 11.2 Å². The second kappa shape index (κ2) is 9.44. The molecule has 1 aliphatic heterocycles. The van der Waals surface area contributed by atoms with E-state index in [2.05, 4.69) is 36.5 Å². The number of nitrogens with one attached hydrogen (secondary N) is 1. The first-order valence-electron chi connectivity index (χ1n) is 8.55. The lowest BCUT2D eigenvalue weighted by Crippen LogP contribution is -2.50. The number of rotatable bonds is 5. The van der Waals surface area contributed by atoms with E-state index >= 15 is 0 Å². The molecule has 1 amide bonds. The third-order valence-corrected chi connectivity index (χ3v) is 4.44. The predicted molar refractivity (Wildman–Crippen MR) is 102 cm³/mol. The molecular weight excluding hydrogens is 336 g/mol. The van der Waals surface area contributed by atoms with E-state index in [1.807, 2.05) is 35.2 Å². The van der Waals surface area contributed by atoms with Crippen LogP contribution in [0.15, 0.2) is 54.6 Å². The van der Waals surface area contributed by atoms with E-state index in [0.717, 1.165) is 25.3 Å². The zero-order valence-corrected chi connectivity index (χ0v) is 15.3. The van der Waals surface area contributed by atoms with E-state index in [1.54, 1.807) is 0 Å². The Morgan fingerprint density at radius 3 is 2.56 bits per heavy atom. The van der Waals surface area contributed by atoms with Crippen LogP contribution < -0.4 is 10.1 Å². The van der Waals surface area contributed by atoms with E-state index in [1.165, 1.54) is 11.1 Å². The number of hydrogen-bond acceptors (Lipinski definition) is 3. The summed E-state index contributed by atoms with van der Waals surface area (Å²) < 4.78 is 5.63. The van der Waals surface area contributed by atoms with Crippen LogP contribution in [-0.4, -0.2) is 37.0 Å². The molecule has 2 aromatic carbocycles. The fourth-order valence-electron chi connectivity index (χ4n) is 3.02. The number of amides is 1. The molecule has 0 bridgehead atoms. The van der Waals surface area contributed by atoms with Gasteiger partial charge in [-0.3, -0.25) is 4.79 Å². The summed E-state index contributed by atoms with van der Waals surface area (Å²) in [6.45, 7) is 4.53. The van der Waals surface area contributed by atoms with Crippen LogP contribution >= 0.6 is 12.4 Å². The molecular formula is C20H25ClN2O2. The fraction of sp³-hybridized carbons (Fsp3) is 0.350. The van der Waals surface area contributed by atoms with Gasteiger partial charge in [0.25, 0.3) is 5.91 Å². The summed E-state index contributed by atoms with van der Waals surface area (Å²) in [6, 6.07) is 18.1. The Labute approximate surface area is 155 Å². The monoisotopic (exact) mass is 360 g/mol. The van der Waals surface area contributed by atoms with E-state index in [-0.39, 0.29) is 31.0 Å². The van der Waals surface area contributed by atoms with Crippen molar-refractivity contribution in [1.82, 2.24) is 10.2 Å². The van der Waals surface area contributed by atoms with Crippen molar-refractivity contribution in [3.8, 4) is 5.75 Å². The number of piperazine rings is 1. The molecule has 4 nitrogen and oxygen atoms in total. The minimum absolute atomic E-state index is 0. The third-order valence-electron chi connectivity index (χ3n) is 4.44. The maximum atomic E-state index is 12.7. The van der Waals surface area contributed by atoms with Gasteiger partial charge >= 0.3 is 0 Å². The minimum atomic E-state index is 0. The molecule has 1 fully saturated rings. The van der Waals surface area contributed by atoms with Crippen LogP contribution in [0.4, 0.5) is 0 Å². The van der Waals surface area contributed by atoms with E-state index in [4.69, 9.17) is 4.74 Å². The molecule has 0 aromatic heterocycles. The van der Waals surface area contributed by atoms with Crippen LogP contribution in [0.2, 0.25) is 0 Å². The van der Waals surface area contributed by atoms with Crippen LogP contribution in [0.5, 0.6) is 5.75 Å². The molecule has 25 heavy (non-hydrogen) atoms. The van der Waals surface area contributed by atoms with Gasteiger partial charge in [-0.15, -0.1) is 12.4 Å². The molecule has 5 heteroatoms. The first kappa shape index (κ1) is 19.3. The Bertz CT molecular complexity index is 661. The van der Waals surface area contributed by atoms with Crippen molar-refractivity contribution in [3.63, 3.8) is 0 Å². The van der Waals surface area contributed by atoms with Gasteiger partial charge in [0, 0.05) is 19.6 Å². The Hall–Kier alpha value is -2.04. The molecule has 0 saturated carbocycles. The van der Waals surface area contributed by atoms with Gasteiger partial charge in [0.05, 0.1) is 6.04 Å². The summed E-state index contributed by atoms with van der Waals surface area (Å²) in [5.74, 6) is 0.759. The van der Waals surface area contributed by atoms with Crippen molar-refractivity contribution in [2.45, 2.75) is 19.4 Å². The molecule has 1 saturated heterocycles. The molecule has 1 N–H and O–H groups in total. The van der Waals surface area contributed by atoms with Crippen molar-refractivity contribution < 1.29 is 9.53 Å². The zero-order chi connectivity index (χ0) is 16.8. The summed E-state index contributed by atoms with van der Waals surface area (Å²) in [7, 11) is 0. The van der Waals surface area contributed by atoms with E-state index in [0.29, 0.717) is 6.54 Å². The van der Waals surface area contributed by atoms with Crippen LogP contribution in [0.3, 0.4) is 0 Å². The van der Waals surface area contributed by atoms with Crippen LogP contribution in [0.1, 0.15) is 24.1 Å². The Balaban J connectivity index is 0.00000225. The number of ether oxygens (including phenoxy) is 1. The lowest BCUT2D eigenvalue weighted by atomic mass is 10.0. The van der Waals surface area contributed by atoms with Gasteiger partial charge in [0.2, 0.25) is 0 Å². The summed E-state index contributed by atoms with van der Waals surface area (Å²) in [6.07, 6.45) is 1.02. The highest BCUT2D eigenvalue weighted by Crippen LogP contribution is 2.23. The third kappa shape index (κ3) is 4.97. The predicted octanol–water partition coefficient (Wildman–Crippen LogP) is 3.22. The summed E-state index contributed by atoms with van der Waals surface area (Å²) in [4.78, 5) is 14.6. The molecule has 1 unspecified atom stereocenters. The second-order valence-electron chi connectivity index (χ2n) is 6.00. The number of para-hydroxylation sites is 1. The van der Waals surface area contributed by atoms with Gasteiger partial charge < -0.3 is 15.0 Å². The molecule has 0 aliphatic carbocycles. The molecule has 2 aromatic rings. The average Bonchev–Trinajstić information content (AvgIpc) is 2.67. The van der Waals surface area contributed by atoms with Gasteiger partial charge in [0.15, 0.2) is 6.61 Å². The first-order valence-corrected chi connectivity index (χ1v) is 8.55. The Kier molecular flexibility index (Phi) is 7.29. The SMILES string of the molecule is CCc1ccc(C2CNCCN2C(=O)COc2ccccc2)cc1.Cl.